The molecule has 7 heteroatoms. The number of nitrogens with zero attached hydrogens (tertiary/aromatic N) is 2. The maximum absolute atomic E-state index is 11.2. The van der Waals surface area contributed by atoms with E-state index in [4.69, 9.17) is 5.11 Å². The number of carbonyl (C=O) groups excluding carboxylic acids is 1. The van der Waals surface area contributed by atoms with Gasteiger partial charge in [-0.15, -0.1) is 0 Å². The number of ether oxygens (including phenoxy) is 1. The first-order valence-electron chi connectivity index (χ1n) is 5.90. The Morgan fingerprint density at radius 2 is 2.26 bits per heavy atom. The van der Waals surface area contributed by atoms with E-state index in [1.165, 1.54) is 13.3 Å². The van der Waals surface area contributed by atoms with Crippen molar-refractivity contribution in [1.82, 2.24) is 9.97 Å². The minimum Gasteiger partial charge on any atom is -0.481 e. The fraction of sp³-hybridized carbons (Fsp3) is 0.500. The molecule has 7 nitrogen and oxygen atoms in total. The third-order valence-corrected chi connectivity index (χ3v) is 2.51. The molecule has 0 radical (unpaired) electrons. The van der Waals surface area contributed by atoms with E-state index >= 15 is 0 Å². The number of carbonyl (C=O) groups is 2. The van der Waals surface area contributed by atoms with Crippen LogP contribution in [0.15, 0.2) is 12.3 Å². The Hall–Kier alpha value is -2.18. The molecular weight excluding hydrogens is 250 g/mol. The summed E-state index contributed by atoms with van der Waals surface area (Å²) < 4.78 is 4.52. The number of hydrogen-bond acceptors (Lipinski definition) is 6. The lowest BCUT2D eigenvalue weighted by Gasteiger charge is -2.12. The van der Waals surface area contributed by atoms with Crippen LogP contribution in [0.1, 0.15) is 30.4 Å². The number of rotatable bonds is 7. The van der Waals surface area contributed by atoms with Crippen LogP contribution in [0.3, 0.4) is 0 Å². The van der Waals surface area contributed by atoms with Crippen LogP contribution in [0.2, 0.25) is 0 Å². The number of aliphatic carboxylic acids is 1. The summed E-state index contributed by atoms with van der Waals surface area (Å²) >= 11 is 0. The van der Waals surface area contributed by atoms with E-state index in [0.29, 0.717) is 18.8 Å². The van der Waals surface area contributed by atoms with Crippen LogP contribution in [0.25, 0.3) is 0 Å². The van der Waals surface area contributed by atoms with E-state index < -0.39 is 11.9 Å². The van der Waals surface area contributed by atoms with Crippen LogP contribution in [0.4, 0.5) is 5.82 Å². The molecule has 1 unspecified atom stereocenters. The SMILES string of the molecule is COC(=O)c1nccc(NCC(C)CCC(=O)O)n1. The van der Waals surface area contributed by atoms with Crippen molar-refractivity contribution >= 4 is 17.8 Å². The standard InChI is InChI=1S/C12H17N3O4/c1-8(3-4-10(16)17)7-14-9-5-6-13-11(15-9)12(18)19-2/h5-6,8H,3-4,7H2,1-2H3,(H,16,17)(H,13,14,15). The number of carboxylic acid groups (broad SMARTS) is 1. The molecule has 0 aromatic carbocycles. The van der Waals surface area contributed by atoms with Crippen molar-refractivity contribution < 1.29 is 19.4 Å². The third kappa shape index (κ3) is 5.33. The highest BCUT2D eigenvalue weighted by atomic mass is 16.5. The summed E-state index contributed by atoms with van der Waals surface area (Å²) in [6.45, 7) is 2.52. The number of anilines is 1. The summed E-state index contributed by atoms with van der Waals surface area (Å²) in [4.78, 5) is 29.5. The predicted octanol–water partition coefficient (Wildman–Crippen LogP) is 1.18. The van der Waals surface area contributed by atoms with Gasteiger partial charge in [-0.1, -0.05) is 6.92 Å². The Morgan fingerprint density at radius 1 is 1.53 bits per heavy atom. The highest BCUT2D eigenvalue weighted by molar-refractivity contribution is 5.85. The van der Waals surface area contributed by atoms with E-state index in [0.717, 1.165) is 0 Å². The molecule has 0 fully saturated rings. The zero-order valence-corrected chi connectivity index (χ0v) is 10.9. The van der Waals surface area contributed by atoms with Gasteiger partial charge < -0.3 is 15.2 Å². The Kier molecular flexibility index (Phi) is 5.72. The van der Waals surface area contributed by atoms with Crippen molar-refractivity contribution in [3.05, 3.63) is 18.1 Å². The number of nitrogens with one attached hydrogen (secondary N) is 1. The average Bonchev–Trinajstić information content (AvgIpc) is 2.42. The van der Waals surface area contributed by atoms with E-state index in [1.807, 2.05) is 6.92 Å². The van der Waals surface area contributed by atoms with Gasteiger partial charge in [-0.3, -0.25) is 4.79 Å². The molecule has 0 amide bonds. The van der Waals surface area contributed by atoms with Crippen LogP contribution in [0, 0.1) is 5.92 Å². The van der Waals surface area contributed by atoms with Crippen molar-refractivity contribution in [2.45, 2.75) is 19.8 Å². The number of aromatic nitrogens is 2. The Morgan fingerprint density at radius 3 is 2.89 bits per heavy atom. The fourth-order valence-electron chi connectivity index (χ4n) is 1.40. The molecule has 0 aliphatic carbocycles. The van der Waals surface area contributed by atoms with E-state index in [1.54, 1.807) is 6.07 Å². The smallest absolute Gasteiger partial charge is 0.376 e. The molecule has 0 saturated heterocycles. The van der Waals surface area contributed by atoms with E-state index in [2.05, 4.69) is 20.0 Å². The van der Waals surface area contributed by atoms with Gasteiger partial charge in [0.2, 0.25) is 5.82 Å². The van der Waals surface area contributed by atoms with Gasteiger partial charge in [-0.2, -0.15) is 0 Å². The molecule has 104 valence electrons. The third-order valence-electron chi connectivity index (χ3n) is 2.51. The minimum atomic E-state index is -0.804. The topological polar surface area (TPSA) is 101 Å². The Balaban J connectivity index is 2.49. The molecule has 0 aliphatic heterocycles. The van der Waals surface area contributed by atoms with Crippen LogP contribution >= 0.6 is 0 Å². The summed E-state index contributed by atoms with van der Waals surface area (Å²) in [7, 11) is 1.26. The fourth-order valence-corrected chi connectivity index (χ4v) is 1.40. The van der Waals surface area contributed by atoms with Crippen molar-refractivity contribution in [2.24, 2.45) is 5.92 Å². The monoisotopic (exact) mass is 267 g/mol. The molecule has 1 aromatic heterocycles. The first-order chi connectivity index (χ1) is 9.02. The molecular formula is C12H17N3O4. The Bertz CT molecular complexity index is 450. The van der Waals surface area contributed by atoms with Gasteiger partial charge in [0.05, 0.1) is 7.11 Å². The zero-order valence-electron chi connectivity index (χ0n) is 10.9. The second-order valence-electron chi connectivity index (χ2n) is 4.18. The highest BCUT2D eigenvalue weighted by Crippen LogP contribution is 2.08. The number of esters is 1. The van der Waals surface area contributed by atoms with Gasteiger partial charge >= 0.3 is 11.9 Å². The quantitative estimate of drug-likeness (QED) is 0.715. The van der Waals surface area contributed by atoms with Gasteiger partial charge in [0, 0.05) is 19.2 Å². The van der Waals surface area contributed by atoms with Crippen molar-refractivity contribution in [3.63, 3.8) is 0 Å². The summed E-state index contributed by atoms with van der Waals surface area (Å²) in [5.74, 6) is -0.708. The van der Waals surface area contributed by atoms with Gasteiger partial charge in [0.1, 0.15) is 5.82 Å². The molecule has 0 spiro atoms. The molecule has 0 bridgehead atoms. The van der Waals surface area contributed by atoms with Crippen LogP contribution in [-0.4, -0.2) is 40.7 Å². The molecule has 0 aliphatic rings. The lowest BCUT2D eigenvalue weighted by atomic mass is 10.1. The second kappa shape index (κ2) is 7.30. The van der Waals surface area contributed by atoms with Crippen molar-refractivity contribution in [3.8, 4) is 0 Å². The largest absolute Gasteiger partial charge is 0.481 e. The number of carboxylic acids is 1. The number of methoxy groups -OCH3 is 1. The highest BCUT2D eigenvalue weighted by Gasteiger charge is 2.10. The summed E-state index contributed by atoms with van der Waals surface area (Å²) in [5.41, 5.74) is 0. The predicted molar refractivity (Wildman–Crippen MR) is 67.9 cm³/mol. The molecule has 1 rings (SSSR count). The minimum absolute atomic E-state index is 0.00862. The van der Waals surface area contributed by atoms with E-state index in [9.17, 15) is 9.59 Å². The van der Waals surface area contributed by atoms with Crippen LogP contribution < -0.4 is 5.32 Å². The zero-order chi connectivity index (χ0) is 14.3. The molecule has 1 aromatic rings. The lowest BCUT2D eigenvalue weighted by molar-refractivity contribution is -0.137. The number of hydrogen-bond donors (Lipinski definition) is 2. The molecule has 1 atom stereocenters. The molecule has 2 N–H and O–H groups in total. The normalized spacial score (nSPS) is 11.7. The van der Waals surface area contributed by atoms with E-state index in [-0.39, 0.29) is 18.2 Å². The summed E-state index contributed by atoms with van der Waals surface area (Å²) in [5, 5.41) is 11.6. The first-order valence-corrected chi connectivity index (χ1v) is 5.90. The molecule has 19 heavy (non-hydrogen) atoms. The Labute approximate surface area is 111 Å². The first kappa shape index (κ1) is 14.9. The van der Waals surface area contributed by atoms with Crippen LogP contribution in [0.5, 0.6) is 0 Å². The van der Waals surface area contributed by atoms with Gasteiger partial charge in [-0.05, 0) is 18.4 Å². The van der Waals surface area contributed by atoms with Crippen molar-refractivity contribution in [1.29, 1.82) is 0 Å². The molecule has 0 saturated carbocycles. The summed E-state index contributed by atoms with van der Waals surface area (Å²) in [6, 6.07) is 1.64. The maximum atomic E-state index is 11.2. The van der Waals surface area contributed by atoms with Gasteiger partial charge in [-0.25, -0.2) is 14.8 Å². The summed E-state index contributed by atoms with van der Waals surface area (Å²) in [6.07, 6.45) is 2.18. The van der Waals surface area contributed by atoms with Crippen LogP contribution in [-0.2, 0) is 9.53 Å². The van der Waals surface area contributed by atoms with Gasteiger partial charge in [0.25, 0.3) is 0 Å². The lowest BCUT2D eigenvalue weighted by Crippen LogP contribution is -2.15. The van der Waals surface area contributed by atoms with Crippen molar-refractivity contribution in [2.75, 3.05) is 19.0 Å². The molecule has 1 heterocycles. The average molecular weight is 267 g/mol. The maximum Gasteiger partial charge on any atom is 0.376 e. The van der Waals surface area contributed by atoms with Gasteiger partial charge in [0.15, 0.2) is 0 Å². The second-order valence-corrected chi connectivity index (χ2v) is 4.18.